The monoisotopic (exact) mass is 538 g/mol. The minimum Gasteiger partial charge on any atom is -0.480 e. The molecule has 39 heavy (non-hydrogen) atoms. The van der Waals surface area contributed by atoms with Crippen LogP contribution in [0.2, 0.25) is 0 Å². The van der Waals surface area contributed by atoms with Crippen molar-refractivity contribution in [3.8, 4) is 5.75 Å². The molecule has 0 spiro atoms. The summed E-state index contributed by atoms with van der Waals surface area (Å²) in [6.45, 7) is 1.92. The molecule has 5 heterocycles. The van der Waals surface area contributed by atoms with Crippen molar-refractivity contribution in [3.05, 3.63) is 52.2 Å². The predicted octanol–water partition coefficient (Wildman–Crippen LogP) is 2.91. The van der Waals surface area contributed by atoms with Gasteiger partial charge in [-0.1, -0.05) is 6.42 Å². The largest absolute Gasteiger partial charge is 0.480 e. The number of nitrogens with zero attached hydrogens (tertiary/aromatic N) is 4. The maximum atomic E-state index is 14.4. The zero-order valence-corrected chi connectivity index (χ0v) is 21.7. The van der Waals surface area contributed by atoms with Crippen molar-refractivity contribution in [1.82, 2.24) is 19.9 Å². The van der Waals surface area contributed by atoms with Crippen molar-refractivity contribution in [2.45, 2.75) is 44.6 Å². The third-order valence-corrected chi connectivity index (χ3v) is 6.95. The summed E-state index contributed by atoms with van der Waals surface area (Å²) in [5.41, 5.74) is 1.50. The number of hydrogen-bond donors (Lipinski definition) is 2. The van der Waals surface area contributed by atoms with Gasteiger partial charge in [0.25, 0.3) is 11.5 Å². The topological polar surface area (TPSA) is 128 Å². The van der Waals surface area contributed by atoms with Crippen LogP contribution in [0.5, 0.6) is 5.75 Å². The van der Waals surface area contributed by atoms with Gasteiger partial charge in [0, 0.05) is 18.7 Å². The van der Waals surface area contributed by atoms with Crippen molar-refractivity contribution in [1.29, 1.82) is 0 Å². The van der Waals surface area contributed by atoms with E-state index in [1.807, 2.05) is 0 Å². The minimum absolute atomic E-state index is 0.0520. The van der Waals surface area contributed by atoms with Gasteiger partial charge < -0.3 is 24.7 Å². The maximum absolute atomic E-state index is 14.4. The number of amides is 2. The molecule has 11 nitrogen and oxygen atoms in total. The molecule has 1 unspecified atom stereocenters. The summed E-state index contributed by atoms with van der Waals surface area (Å²) < 4.78 is 26.7. The number of carbonyl (C=O) groups excluding carboxylic acids is 2. The first-order chi connectivity index (χ1) is 18.9. The van der Waals surface area contributed by atoms with Gasteiger partial charge in [-0.25, -0.2) is 14.2 Å². The van der Waals surface area contributed by atoms with Gasteiger partial charge in [0.1, 0.15) is 17.7 Å². The first kappa shape index (κ1) is 26.5. The summed E-state index contributed by atoms with van der Waals surface area (Å²) >= 11 is 0. The molecule has 3 aromatic rings. The Morgan fingerprint density at radius 2 is 1.95 bits per heavy atom. The number of pyridine rings is 3. The maximum Gasteiger partial charge on any atom is 0.415 e. The summed E-state index contributed by atoms with van der Waals surface area (Å²) in [6, 6.07) is 6.43. The van der Waals surface area contributed by atoms with Crippen LogP contribution in [-0.2, 0) is 23.0 Å². The van der Waals surface area contributed by atoms with Gasteiger partial charge in [-0.3, -0.25) is 19.5 Å². The Hall–Kier alpha value is -4.06. The molecule has 0 aliphatic carbocycles. The molecule has 3 aromatic heterocycles. The third-order valence-electron chi connectivity index (χ3n) is 6.95. The molecule has 1 saturated heterocycles. The highest BCUT2D eigenvalue weighted by Gasteiger charge is 2.33. The molecule has 2 N–H and O–H groups in total. The quantitative estimate of drug-likeness (QED) is 0.357. The van der Waals surface area contributed by atoms with Crippen molar-refractivity contribution < 1.29 is 23.5 Å². The van der Waals surface area contributed by atoms with E-state index in [2.05, 4.69) is 20.6 Å². The number of carbonyl (C=O) groups is 2. The van der Waals surface area contributed by atoms with Gasteiger partial charge in [0.15, 0.2) is 18.2 Å². The van der Waals surface area contributed by atoms with Gasteiger partial charge in [-0.2, -0.15) is 0 Å². The van der Waals surface area contributed by atoms with Crippen LogP contribution < -0.4 is 25.8 Å². The van der Waals surface area contributed by atoms with Crippen LogP contribution in [0.3, 0.4) is 0 Å². The normalized spacial score (nSPS) is 16.7. The average molecular weight is 539 g/mol. The number of cyclic esters (lactones) is 1. The second-order valence-corrected chi connectivity index (χ2v) is 9.72. The molecule has 0 radical (unpaired) electrons. The van der Waals surface area contributed by atoms with Crippen molar-refractivity contribution in [2.75, 3.05) is 36.5 Å². The third kappa shape index (κ3) is 6.00. The first-order valence-electron chi connectivity index (χ1n) is 13.2. The Morgan fingerprint density at radius 1 is 1.10 bits per heavy atom. The van der Waals surface area contributed by atoms with E-state index in [-0.39, 0.29) is 24.2 Å². The molecule has 2 aliphatic heterocycles. The van der Waals surface area contributed by atoms with Gasteiger partial charge in [0.05, 0.1) is 23.8 Å². The van der Waals surface area contributed by atoms with Crippen LogP contribution in [0, 0.1) is 5.82 Å². The van der Waals surface area contributed by atoms with Gasteiger partial charge in [0.2, 0.25) is 0 Å². The number of halogens is 1. The first-order valence-corrected chi connectivity index (χ1v) is 13.2. The van der Waals surface area contributed by atoms with Crippen LogP contribution >= 0.6 is 0 Å². The molecule has 0 bridgehead atoms. The lowest BCUT2D eigenvalue weighted by Gasteiger charge is -2.19. The fourth-order valence-electron chi connectivity index (χ4n) is 4.92. The lowest BCUT2D eigenvalue weighted by Crippen LogP contribution is -2.29. The fraction of sp³-hybridized carbons (Fsp3) is 0.444. The van der Waals surface area contributed by atoms with Crippen LogP contribution in [-0.4, -0.2) is 58.9 Å². The van der Waals surface area contributed by atoms with Gasteiger partial charge in [-0.05, 0) is 63.4 Å². The molecular weight excluding hydrogens is 507 g/mol. The van der Waals surface area contributed by atoms with Crippen molar-refractivity contribution in [2.24, 2.45) is 7.05 Å². The highest BCUT2D eigenvalue weighted by Crippen LogP contribution is 2.30. The number of rotatable bonds is 11. The summed E-state index contributed by atoms with van der Waals surface area (Å²) in [4.78, 5) is 45.8. The zero-order valence-electron chi connectivity index (χ0n) is 21.7. The smallest absolute Gasteiger partial charge is 0.415 e. The second kappa shape index (κ2) is 11.8. The molecule has 5 rings (SSSR count). The van der Waals surface area contributed by atoms with E-state index in [9.17, 15) is 18.8 Å². The molecule has 206 valence electrons. The van der Waals surface area contributed by atoms with E-state index in [0.29, 0.717) is 46.9 Å². The zero-order chi connectivity index (χ0) is 27.4. The van der Waals surface area contributed by atoms with E-state index < -0.39 is 11.9 Å². The Labute approximate surface area is 224 Å². The van der Waals surface area contributed by atoms with Crippen molar-refractivity contribution in [3.63, 3.8) is 0 Å². The standard InChI is InChI=1S/C27H31FN6O5/c1-33-24(36)11-8-20-25(33)18(19(28)14-30-20)7-5-13-29-12-4-2-3-6-17-15-34(27(37)39-17)22-10-9-21-26(31-22)32-23(35)16-38-21/h8-11,14,17,29H,2-7,12-13,15-16H2,1H3,(H,31,32,35). The summed E-state index contributed by atoms with van der Waals surface area (Å²) in [5.74, 6) is 0.516. The average Bonchev–Trinajstić information content (AvgIpc) is 3.30. The molecule has 12 heteroatoms. The van der Waals surface area contributed by atoms with E-state index in [0.717, 1.165) is 45.2 Å². The number of ether oxygens (including phenoxy) is 2. The summed E-state index contributed by atoms with van der Waals surface area (Å²) in [5, 5.41) is 6.04. The Balaban J connectivity index is 0.996. The molecule has 2 amide bonds. The van der Waals surface area contributed by atoms with E-state index >= 15 is 0 Å². The molecule has 1 fully saturated rings. The van der Waals surface area contributed by atoms with E-state index in [1.54, 1.807) is 25.2 Å². The number of nitrogens with one attached hydrogen (secondary N) is 2. The number of aromatic nitrogens is 3. The Bertz CT molecular complexity index is 1440. The van der Waals surface area contributed by atoms with E-state index in [1.165, 1.54) is 21.7 Å². The Kier molecular flexibility index (Phi) is 8.01. The molecule has 0 aromatic carbocycles. The number of fused-ring (bicyclic) bond motifs is 2. The highest BCUT2D eigenvalue weighted by atomic mass is 19.1. The van der Waals surface area contributed by atoms with Gasteiger partial charge in [-0.15, -0.1) is 0 Å². The summed E-state index contributed by atoms with van der Waals surface area (Å²) in [7, 11) is 1.64. The van der Waals surface area contributed by atoms with E-state index in [4.69, 9.17) is 9.47 Å². The number of aryl methyl sites for hydroxylation is 2. The molecule has 1 atom stereocenters. The molecule has 0 saturated carbocycles. The van der Waals surface area contributed by atoms with Crippen LogP contribution in [0.1, 0.15) is 37.7 Å². The fourth-order valence-corrected chi connectivity index (χ4v) is 4.92. The van der Waals surface area contributed by atoms with Gasteiger partial charge >= 0.3 is 6.09 Å². The molecular formula is C27H31FN6O5. The predicted molar refractivity (Wildman–Crippen MR) is 143 cm³/mol. The number of anilines is 2. The number of hydrogen-bond acceptors (Lipinski definition) is 8. The Morgan fingerprint density at radius 3 is 2.82 bits per heavy atom. The lowest BCUT2D eigenvalue weighted by molar-refractivity contribution is -0.118. The van der Waals surface area contributed by atoms with Crippen LogP contribution in [0.15, 0.2) is 35.3 Å². The molecule has 2 aliphatic rings. The highest BCUT2D eigenvalue weighted by molar-refractivity contribution is 5.95. The van der Waals surface area contributed by atoms with Crippen molar-refractivity contribution >= 4 is 34.7 Å². The van der Waals surface area contributed by atoms with Crippen LogP contribution in [0.25, 0.3) is 11.0 Å². The minimum atomic E-state index is -0.448. The lowest BCUT2D eigenvalue weighted by atomic mass is 10.1. The summed E-state index contributed by atoms with van der Waals surface area (Å²) in [6.07, 6.45) is 5.42. The van der Waals surface area contributed by atoms with Crippen LogP contribution in [0.4, 0.5) is 20.8 Å². The SMILES string of the molecule is Cn1c(=O)ccc2ncc(F)c(CCCNCCCCCC3CN(c4ccc5c(n4)NC(=O)CO5)C(=O)O3)c21. The number of unbranched alkanes of at least 4 members (excludes halogenated alkanes) is 2. The second-order valence-electron chi connectivity index (χ2n) is 9.72.